The van der Waals surface area contributed by atoms with Gasteiger partial charge in [0, 0.05) is 5.56 Å². The number of rotatable bonds is 10. The van der Waals surface area contributed by atoms with Gasteiger partial charge >= 0.3 is 11.4 Å². The van der Waals surface area contributed by atoms with Gasteiger partial charge in [0.2, 0.25) is 0 Å². The Morgan fingerprint density at radius 2 is 1.70 bits per heavy atom. The van der Waals surface area contributed by atoms with Crippen LogP contribution in [0.5, 0.6) is 5.75 Å². The molecule has 2 atom stereocenters. The largest absolute Gasteiger partial charge is 0.380 e. The van der Waals surface area contributed by atoms with E-state index in [9.17, 15) is 9.00 Å². The summed E-state index contributed by atoms with van der Waals surface area (Å²) in [5.41, 5.74) is 0.880. The average Bonchev–Trinajstić information content (AvgIpc) is 2.66. The lowest BCUT2D eigenvalue weighted by Crippen LogP contribution is -2.40. The van der Waals surface area contributed by atoms with Crippen molar-refractivity contribution >= 4 is 17.1 Å². The Hall–Kier alpha value is -1.98. The van der Waals surface area contributed by atoms with Gasteiger partial charge in [0.15, 0.2) is 5.78 Å². The molecule has 0 N–H and O–H groups in total. The van der Waals surface area contributed by atoms with Gasteiger partial charge in [-0.3, -0.25) is 8.98 Å². The number of hydrogen-bond donors (Lipinski definition) is 0. The molecule has 2 rings (SSSR count). The van der Waals surface area contributed by atoms with Gasteiger partial charge in [-0.25, -0.2) is 0 Å². The minimum absolute atomic E-state index is 0.0310. The van der Waals surface area contributed by atoms with E-state index >= 15 is 0 Å². The zero-order valence-electron chi connectivity index (χ0n) is 16.4. The molecule has 2 aromatic rings. The molecule has 2 aromatic carbocycles. The molecule has 0 fully saturated rings. The maximum absolute atomic E-state index is 13.0. The summed E-state index contributed by atoms with van der Waals surface area (Å²) in [5, 5.41) is 0. The molecule has 0 aliphatic heterocycles. The van der Waals surface area contributed by atoms with Crippen LogP contribution in [0.1, 0.15) is 56.0 Å². The van der Waals surface area contributed by atoms with Crippen molar-refractivity contribution < 1.29 is 17.4 Å². The number of carbonyl (C=O) groups excluding carboxylic acids is 1. The molecule has 0 aliphatic rings. The first-order chi connectivity index (χ1) is 12.8. The Labute approximate surface area is 164 Å². The van der Waals surface area contributed by atoms with E-state index in [4.69, 9.17) is 8.37 Å². The highest BCUT2D eigenvalue weighted by atomic mass is 32.2. The Morgan fingerprint density at radius 1 is 1.07 bits per heavy atom. The third-order valence-corrected chi connectivity index (χ3v) is 5.34. The zero-order chi connectivity index (χ0) is 19.9. The quantitative estimate of drug-likeness (QED) is 0.509. The van der Waals surface area contributed by atoms with Crippen LogP contribution in [-0.4, -0.2) is 16.1 Å². The lowest BCUT2D eigenvalue weighted by atomic mass is 9.77. The molecule has 0 heterocycles. The van der Waals surface area contributed by atoms with Crippen molar-refractivity contribution in [3.8, 4) is 5.75 Å². The predicted molar refractivity (Wildman–Crippen MR) is 109 cm³/mol. The van der Waals surface area contributed by atoms with Crippen LogP contribution in [0.2, 0.25) is 0 Å². The smallest absolute Gasteiger partial charge is 0.360 e. The Kier molecular flexibility index (Phi) is 7.75. The van der Waals surface area contributed by atoms with Crippen molar-refractivity contribution in [3.05, 3.63) is 65.7 Å². The molecule has 0 aliphatic carbocycles. The summed E-state index contributed by atoms with van der Waals surface area (Å²) in [6, 6.07) is 16.4. The van der Waals surface area contributed by atoms with Crippen LogP contribution in [0.3, 0.4) is 0 Å². The van der Waals surface area contributed by atoms with Gasteiger partial charge in [-0.2, -0.15) is 4.21 Å². The van der Waals surface area contributed by atoms with Gasteiger partial charge in [-0.1, -0.05) is 67.8 Å². The SMILES string of the molecule is CCCCC(OS(=O)Oc1ccc(C)cc1)C(C)(C)C(=O)c1ccccc1. The van der Waals surface area contributed by atoms with Gasteiger partial charge in [-0.15, -0.1) is 0 Å². The van der Waals surface area contributed by atoms with Crippen molar-refractivity contribution in [1.29, 1.82) is 0 Å². The van der Waals surface area contributed by atoms with Crippen molar-refractivity contribution in [3.63, 3.8) is 0 Å². The highest BCUT2D eigenvalue weighted by Gasteiger charge is 2.39. The van der Waals surface area contributed by atoms with E-state index in [0.717, 1.165) is 18.4 Å². The summed E-state index contributed by atoms with van der Waals surface area (Å²) in [7, 11) is 0. The van der Waals surface area contributed by atoms with Crippen LogP contribution in [0, 0.1) is 12.3 Å². The van der Waals surface area contributed by atoms with E-state index < -0.39 is 22.9 Å². The highest BCUT2D eigenvalue weighted by molar-refractivity contribution is 7.75. The molecule has 27 heavy (non-hydrogen) atoms. The monoisotopic (exact) mass is 388 g/mol. The van der Waals surface area contributed by atoms with Gasteiger partial charge < -0.3 is 4.18 Å². The average molecular weight is 389 g/mol. The molecule has 4 nitrogen and oxygen atoms in total. The highest BCUT2D eigenvalue weighted by Crippen LogP contribution is 2.32. The van der Waals surface area contributed by atoms with E-state index in [2.05, 4.69) is 6.92 Å². The van der Waals surface area contributed by atoms with Crippen molar-refractivity contribution in [1.82, 2.24) is 0 Å². The van der Waals surface area contributed by atoms with Gasteiger partial charge in [-0.05, 0) is 39.3 Å². The summed E-state index contributed by atoms with van der Waals surface area (Å²) in [4.78, 5) is 13.0. The summed E-state index contributed by atoms with van der Waals surface area (Å²) in [6.45, 7) is 7.72. The van der Waals surface area contributed by atoms with Gasteiger partial charge in [0.25, 0.3) is 0 Å². The van der Waals surface area contributed by atoms with Gasteiger partial charge in [0.1, 0.15) is 5.75 Å². The molecule has 0 saturated heterocycles. The Bertz CT molecular complexity index is 754. The normalized spacial score (nSPS) is 13.8. The van der Waals surface area contributed by atoms with Crippen molar-refractivity contribution in [2.75, 3.05) is 0 Å². The second-order valence-electron chi connectivity index (χ2n) is 7.24. The van der Waals surface area contributed by atoms with Gasteiger partial charge in [0.05, 0.1) is 11.5 Å². The summed E-state index contributed by atoms with van der Waals surface area (Å²) in [6.07, 6.45) is 1.95. The zero-order valence-corrected chi connectivity index (χ0v) is 17.3. The lowest BCUT2D eigenvalue weighted by molar-refractivity contribution is 0.0485. The number of carbonyl (C=O) groups is 1. The minimum Gasteiger partial charge on any atom is -0.380 e. The van der Waals surface area contributed by atoms with Crippen molar-refractivity contribution in [2.24, 2.45) is 5.41 Å². The second-order valence-corrected chi connectivity index (χ2v) is 8.01. The molecule has 0 spiro atoms. The molecule has 0 radical (unpaired) electrons. The minimum atomic E-state index is -1.98. The summed E-state index contributed by atoms with van der Waals surface area (Å²) >= 11 is -1.98. The number of benzene rings is 2. The van der Waals surface area contributed by atoms with Crippen LogP contribution in [0.25, 0.3) is 0 Å². The summed E-state index contributed by atoms with van der Waals surface area (Å²) in [5.74, 6) is 0.442. The molecule has 0 aromatic heterocycles. The van der Waals surface area contributed by atoms with Crippen LogP contribution < -0.4 is 4.18 Å². The number of unbranched alkanes of at least 4 members (excludes halogenated alkanes) is 1. The Morgan fingerprint density at radius 3 is 2.30 bits per heavy atom. The van der Waals surface area contributed by atoms with Crippen LogP contribution in [-0.2, 0) is 15.5 Å². The fraction of sp³-hybridized carbons (Fsp3) is 0.409. The summed E-state index contributed by atoms with van der Waals surface area (Å²) < 4.78 is 23.6. The molecular formula is C22H28O4S. The molecule has 0 amide bonds. The van der Waals surface area contributed by atoms with E-state index in [1.807, 2.05) is 51.1 Å². The molecule has 5 heteroatoms. The number of hydrogen-bond acceptors (Lipinski definition) is 4. The molecule has 0 saturated carbocycles. The topological polar surface area (TPSA) is 52.6 Å². The molecule has 146 valence electrons. The van der Waals surface area contributed by atoms with Crippen LogP contribution >= 0.6 is 0 Å². The second kappa shape index (κ2) is 9.81. The van der Waals surface area contributed by atoms with Crippen LogP contribution in [0.15, 0.2) is 54.6 Å². The van der Waals surface area contributed by atoms with E-state index in [1.165, 1.54) is 0 Å². The van der Waals surface area contributed by atoms with Crippen molar-refractivity contribution in [2.45, 2.75) is 53.1 Å². The molecule has 2 unspecified atom stereocenters. The van der Waals surface area contributed by atoms with E-state index in [1.54, 1.807) is 24.3 Å². The maximum atomic E-state index is 13.0. The predicted octanol–water partition coefficient (Wildman–Crippen LogP) is 5.44. The molecule has 0 bridgehead atoms. The standard InChI is InChI=1S/C22H28O4S/c1-5-6-12-20(22(3,4)21(23)18-10-8-7-9-11-18)26-27(24)25-19-15-13-17(2)14-16-19/h7-11,13-16,20H,5-6,12H2,1-4H3. The molecular weight excluding hydrogens is 360 g/mol. The number of aryl methyl sites for hydroxylation is 1. The first-order valence-electron chi connectivity index (χ1n) is 9.28. The van der Waals surface area contributed by atoms with E-state index in [-0.39, 0.29) is 5.78 Å². The fourth-order valence-corrected chi connectivity index (χ4v) is 3.65. The fourth-order valence-electron chi connectivity index (χ4n) is 2.81. The Balaban J connectivity index is 2.13. The third kappa shape index (κ3) is 6.01. The lowest BCUT2D eigenvalue weighted by Gasteiger charge is -2.32. The van der Waals surface area contributed by atoms with Crippen LogP contribution in [0.4, 0.5) is 0 Å². The number of Topliss-reactive ketones (excluding diaryl/α,β-unsaturated/α-hetero) is 1. The number of ketones is 1. The third-order valence-electron chi connectivity index (χ3n) is 4.63. The first-order valence-corrected chi connectivity index (χ1v) is 10.3. The first kappa shape index (κ1) is 21.3. The van der Waals surface area contributed by atoms with E-state index in [0.29, 0.717) is 17.7 Å². The maximum Gasteiger partial charge on any atom is 0.360 e.